The average Bonchev–Trinajstić information content (AvgIpc) is 3.97. The number of pyridine rings is 1. The van der Waals surface area contributed by atoms with Crippen molar-refractivity contribution in [1.29, 1.82) is 0 Å². The van der Waals surface area contributed by atoms with Crippen molar-refractivity contribution in [1.82, 2.24) is 24.9 Å². The van der Waals surface area contributed by atoms with Crippen molar-refractivity contribution in [3.8, 4) is 34.3 Å². The van der Waals surface area contributed by atoms with Gasteiger partial charge in [-0.15, -0.1) is 0 Å². The first-order chi connectivity index (χ1) is 30.6. The van der Waals surface area contributed by atoms with Gasteiger partial charge in [-0.25, -0.2) is 24.5 Å². The molecule has 15 nitrogen and oxygen atoms in total. The van der Waals surface area contributed by atoms with E-state index < -0.39 is 24.3 Å². The van der Waals surface area contributed by atoms with Gasteiger partial charge in [0.1, 0.15) is 41.7 Å². The molecule has 0 aliphatic carbocycles. The van der Waals surface area contributed by atoms with Gasteiger partial charge in [0.05, 0.1) is 39.8 Å². The maximum Gasteiger partial charge on any atom is 0.341 e. The Balaban J connectivity index is 0.000000178. The number of amides is 1. The lowest BCUT2D eigenvalue weighted by Crippen LogP contribution is -2.25. The highest BCUT2D eigenvalue weighted by molar-refractivity contribution is 6.06. The highest BCUT2D eigenvalue weighted by Crippen LogP contribution is 2.33. The fourth-order valence-corrected chi connectivity index (χ4v) is 7.80. The Kier molecular flexibility index (Phi) is 11.9. The maximum absolute atomic E-state index is 12.9. The third-order valence-corrected chi connectivity index (χ3v) is 10.7. The molecule has 1 saturated heterocycles. The zero-order valence-electron chi connectivity index (χ0n) is 36.0. The van der Waals surface area contributed by atoms with Crippen LogP contribution in [0.15, 0.2) is 97.1 Å². The van der Waals surface area contributed by atoms with Gasteiger partial charge in [0.2, 0.25) is 0 Å². The molecule has 5 N–H and O–H groups in total. The number of aromatic carboxylic acids is 1. The molecule has 15 heteroatoms. The van der Waals surface area contributed by atoms with E-state index in [9.17, 15) is 19.5 Å². The molecular formula is C49H46N6O9. The van der Waals surface area contributed by atoms with E-state index in [1.807, 2.05) is 84.0 Å². The minimum atomic E-state index is -1.03. The highest BCUT2D eigenvalue weighted by Gasteiger charge is 2.33. The number of H-pyrrole nitrogens is 2. The molecule has 0 unspecified atom stereocenters. The van der Waals surface area contributed by atoms with Crippen LogP contribution in [-0.4, -0.2) is 84.7 Å². The molecule has 0 saturated carbocycles. The lowest BCUT2D eigenvalue weighted by molar-refractivity contribution is -0.141. The number of anilines is 1. The molecule has 1 fully saturated rings. The fourth-order valence-electron chi connectivity index (χ4n) is 7.80. The van der Waals surface area contributed by atoms with Gasteiger partial charge in [-0.2, -0.15) is 0 Å². The first kappa shape index (κ1) is 43.0. The second kappa shape index (κ2) is 17.6. The van der Waals surface area contributed by atoms with Crippen LogP contribution in [-0.2, 0) is 14.3 Å². The molecule has 1 atom stereocenters. The van der Waals surface area contributed by atoms with Gasteiger partial charge in [0.25, 0.3) is 5.91 Å². The number of aromatic amines is 2. The predicted octanol–water partition coefficient (Wildman–Crippen LogP) is 9.19. The summed E-state index contributed by atoms with van der Waals surface area (Å²) < 4.78 is 22.6. The predicted molar refractivity (Wildman–Crippen MR) is 242 cm³/mol. The second-order valence-corrected chi connectivity index (χ2v) is 16.1. The molecule has 8 aromatic rings. The van der Waals surface area contributed by atoms with Gasteiger partial charge in [0.15, 0.2) is 12.4 Å². The summed E-state index contributed by atoms with van der Waals surface area (Å²) in [4.78, 5) is 55.2. The molecule has 326 valence electrons. The summed E-state index contributed by atoms with van der Waals surface area (Å²) in [6.07, 6.45) is -0.0934. The SMILES string of the molecule is Cc1cc(OCC(=O)O)cc(C)c1-c1nc2ccc(C(=O)Nc3ccc4ccccc4n3)cc2[nH]1.Cc1cc(OC[C@@H]2COC(C)(C)O2)cc(C)c1-c1nc2ccc(C(=O)O)cc2[nH]1. The molecule has 9 rings (SSSR count). The molecule has 4 heterocycles. The van der Waals surface area contributed by atoms with Crippen LogP contribution < -0.4 is 14.8 Å². The van der Waals surface area contributed by atoms with Crippen LogP contribution in [0, 0.1) is 27.7 Å². The first-order valence-electron chi connectivity index (χ1n) is 20.5. The van der Waals surface area contributed by atoms with Crippen LogP contribution in [0.3, 0.4) is 0 Å². The Bertz CT molecular complexity index is 3050. The number of hydrogen-bond acceptors (Lipinski definition) is 10. The fraction of sp³-hybridized carbons (Fsp3) is 0.224. The molecule has 1 aliphatic heterocycles. The number of carboxylic acids is 2. The number of benzene rings is 5. The number of rotatable bonds is 11. The van der Waals surface area contributed by atoms with E-state index in [1.54, 1.807) is 54.6 Å². The Morgan fingerprint density at radius 2 is 1.27 bits per heavy atom. The van der Waals surface area contributed by atoms with Gasteiger partial charge in [-0.1, -0.05) is 18.2 Å². The van der Waals surface area contributed by atoms with Crippen molar-refractivity contribution in [3.05, 3.63) is 130 Å². The van der Waals surface area contributed by atoms with Crippen LogP contribution in [0.4, 0.5) is 5.82 Å². The number of aliphatic carboxylic acids is 1. The van der Waals surface area contributed by atoms with Gasteiger partial charge < -0.3 is 44.4 Å². The Morgan fingerprint density at radius 1 is 0.703 bits per heavy atom. The summed E-state index contributed by atoms with van der Waals surface area (Å²) in [5.74, 6) is 0.284. The number of carbonyl (C=O) groups is 3. The molecule has 3 aromatic heterocycles. The first-order valence-corrected chi connectivity index (χ1v) is 20.5. The second-order valence-electron chi connectivity index (χ2n) is 16.1. The van der Waals surface area contributed by atoms with E-state index in [0.717, 1.165) is 66.6 Å². The van der Waals surface area contributed by atoms with Crippen LogP contribution in [0.2, 0.25) is 0 Å². The number of nitrogens with one attached hydrogen (secondary N) is 3. The maximum atomic E-state index is 12.9. The highest BCUT2D eigenvalue weighted by atomic mass is 16.7. The summed E-state index contributed by atoms with van der Waals surface area (Å²) in [5, 5.41) is 21.9. The van der Waals surface area contributed by atoms with Crippen LogP contribution in [0.1, 0.15) is 56.8 Å². The Hall–Kier alpha value is -7.62. The number of hydrogen-bond donors (Lipinski definition) is 5. The van der Waals surface area contributed by atoms with Gasteiger partial charge in [-0.05, 0) is 143 Å². The number of fused-ring (bicyclic) bond motifs is 3. The molecule has 1 amide bonds. The quantitative estimate of drug-likeness (QED) is 0.0824. The van der Waals surface area contributed by atoms with Crippen LogP contribution >= 0.6 is 0 Å². The number of para-hydroxylation sites is 1. The number of ether oxygens (including phenoxy) is 4. The summed E-state index contributed by atoms with van der Waals surface area (Å²) in [6, 6.07) is 29.1. The number of nitrogens with zero attached hydrogens (tertiary/aromatic N) is 3. The van der Waals surface area contributed by atoms with E-state index in [0.29, 0.717) is 47.5 Å². The lowest BCUT2D eigenvalue weighted by atomic mass is 10.0. The van der Waals surface area contributed by atoms with Crippen molar-refractivity contribution in [2.45, 2.75) is 53.4 Å². The third-order valence-electron chi connectivity index (χ3n) is 10.7. The van der Waals surface area contributed by atoms with E-state index in [1.165, 1.54) is 0 Å². The summed E-state index contributed by atoms with van der Waals surface area (Å²) in [7, 11) is 0. The van der Waals surface area contributed by atoms with Crippen molar-refractivity contribution < 1.29 is 43.5 Å². The Morgan fingerprint density at radius 3 is 1.83 bits per heavy atom. The van der Waals surface area contributed by atoms with E-state index in [4.69, 9.17) is 29.0 Å². The van der Waals surface area contributed by atoms with Gasteiger partial charge in [-0.3, -0.25) is 4.79 Å². The summed E-state index contributed by atoms with van der Waals surface area (Å²) in [5.41, 5.74) is 10.1. The van der Waals surface area contributed by atoms with Crippen LogP contribution in [0.5, 0.6) is 11.5 Å². The molecule has 5 aromatic carbocycles. The van der Waals surface area contributed by atoms with Crippen molar-refractivity contribution in [3.63, 3.8) is 0 Å². The number of aromatic nitrogens is 5. The zero-order chi connectivity index (χ0) is 45.3. The minimum absolute atomic E-state index is 0.0934. The molecule has 64 heavy (non-hydrogen) atoms. The average molecular weight is 863 g/mol. The number of carboxylic acid groups (broad SMARTS) is 2. The molecular weight excluding hydrogens is 817 g/mol. The standard InChI is InChI=1S/C27H22N4O4.C22H24N2O5/c1-15-11-19(35-14-24(32)33)12-16(2)25(15)26-29-21-9-7-18(13-22(21)30-26)27(34)31-23-10-8-17-5-3-4-6-20(17)28-23;1-12-7-15(27-10-16-11-28-22(3,4)29-16)8-13(2)19(12)20-23-17-6-5-14(21(25)26)9-18(17)24-20/h3-13H,14H2,1-2H3,(H,29,30)(H,32,33)(H,28,31,34);5-9,16H,10-11H2,1-4H3,(H,23,24)(H,25,26)/t;16-/m.1/s1. The number of aryl methyl sites for hydroxylation is 4. The lowest BCUT2D eigenvalue weighted by Gasteiger charge is -2.18. The van der Waals surface area contributed by atoms with Gasteiger partial charge >= 0.3 is 11.9 Å². The minimum Gasteiger partial charge on any atom is -0.491 e. The van der Waals surface area contributed by atoms with Crippen molar-refractivity contribution in [2.24, 2.45) is 0 Å². The third kappa shape index (κ3) is 9.55. The molecule has 1 aliphatic rings. The van der Waals surface area contributed by atoms with Crippen molar-refractivity contribution >= 4 is 56.6 Å². The zero-order valence-corrected chi connectivity index (χ0v) is 36.0. The largest absolute Gasteiger partial charge is 0.491 e. The van der Waals surface area contributed by atoms with E-state index >= 15 is 0 Å². The topological polar surface area (TPSA) is 211 Å². The van der Waals surface area contributed by atoms with E-state index in [-0.39, 0.29) is 17.6 Å². The number of carbonyl (C=O) groups excluding carboxylic acids is 1. The van der Waals surface area contributed by atoms with Gasteiger partial charge in [0, 0.05) is 22.1 Å². The summed E-state index contributed by atoms with van der Waals surface area (Å²) >= 11 is 0. The van der Waals surface area contributed by atoms with Crippen LogP contribution in [0.25, 0.3) is 55.7 Å². The molecule has 0 bridgehead atoms. The monoisotopic (exact) mass is 862 g/mol. The smallest absolute Gasteiger partial charge is 0.341 e. The van der Waals surface area contributed by atoms with E-state index in [2.05, 4.69) is 25.3 Å². The molecule has 0 radical (unpaired) electrons. The number of imidazole rings is 2. The summed E-state index contributed by atoms with van der Waals surface area (Å²) in [6.45, 7) is 12.2. The van der Waals surface area contributed by atoms with Crippen molar-refractivity contribution in [2.75, 3.05) is 25.1 Å². The normalized spacial score (nSPS) is 14.3. The molecule has 0 spiro atoms. The Labute approximate surface area is 367 Å².